The Labute approximate surface area is 192 Å². The molecule has 8 heteroatoms. The fraction of sp³-hybridized carbons (Fsp3) is 0.400. The Morgan fingerprint density at radius 2 is 1.58 bits per heavy atom. The number of rotatable bonds is 5. The van der Waals surface area contributed by atoms with Gasteiger partial charge in [-0.15, -0.1) is 0 Å². The highest BCUT2D eigenvalue weighted by Crippen LogP contribution is 2.31. The van der Waals surface area contributed by atoms with E-state index in [2.05, 4.69) is 5.32 Å². The average molecular weight is 450 g/mol. The topological polar surface area (TPSA) is 99.2 Å². The van der Waals surface area contributed by atoms with Crippen LogP contribution in [-0.4, -0.2) is 77.6 Å². The molecule has 1 aliphatic carbocycles. The largest absolute Gasteiger partial charge is 0.376 e. The van der Waals surface area contributed by atoms with Crippen LogP contribution in [0.5, 0.6) is 0 Å². The van der Waals surface area contributed by atoms with Gasteiger partial charge in [0.1, 0.15) is 0 Å². The lowest BCUT2D eigenvalue weighted by molar-refractivity contribution is -0.201. The van der Waals surface area contributed by atoms with E-state index in [0.717, 1.165) is 29.7 Å². The predicted octanol–water partition coefficient (Wildman–Crippen LogP) is 1.75. The van der Waals surface area contributed by atoms with E-state index in [-0.39, 0.29) is 36.9 Å². The first-order chi connectivity index (χ1) is 15.9. The summed E-state index contributed by atoms with van der Waals surface area (Å²) in [6, 6.07) is 15.1. The maximum absolute atomic E-state index is 12.9. The fourth-order valence-corrected chi connectivity index (χ4v) is 4.18. The molecule has 172 valence electrons. The highest BCUT2D eigenvalue weighted by atomic mass is 16.5. The maximum Gasteiger partial charge on any atom is 0.259 e. The third-order valence-electron chi connectivity index (χ3n) is 6.48. The number of ether oxygens (including phenoxy) is 1. The van der Waals surface area contributed by atoms with E-state index < -0.39 is 5.60 Å². The summed E-state index contributed by atoms with van der Waals surface area (Å²) in [5, 5.41) is 13.1. The van der Waals surface area contributed by atoms with E-state index in [1.165, 1.54) is 0 Å². The van der Waals surface area contributed by atoms with Crippen molar-refractivity contribution in [3.05, 3.63) is 54.1 Å². The summed E-state index contributed by atoms with van der Waals surface area (Å²) in [4.78, 5) is 40.7. The van der Waals surface area contributed by atoms with Crippen LogP contribution in [-0.2, 0) is 14.3 Å². The van der Waals surface area contributed by atoms with E-state index in [9.17, 15) is 19.5 Å². The SMILES string of the molecule is O=C(Nc1cccc(-c2ccc(C(=O)N3CCN(C(=O)C4(O)COC4)CC3)cc2)c1)C1CC1. The number of amides is 3. The molecule has 3 amide bonds. The molecule has 0 radical (unpaired) electrons. The van der Waals surface area contributed by atoms with Crippen LogP contribution in [0.2, 0.25) is 0 Å². The molecule has 2 aromatic rings. The molecule has 3 fully saturated rings. The number of carbonyl (C=O) groups excluding carboxylic acids is 3. The molecule has 0 atom stereocenters. The van der Waals surface area contributed by atoms with Crippen molar-refractivity contribution < 1.29 is 24.2 Å². The van der Waals surface area contributed by atoms with Gasteiger partial charge in [0.15, 0.2) is 5.60 Å². The second kappa shape index (κ2) is 8.61. The number of aliphatic hydroxyl groups is 1. The van der Waals surface area contributed by atoms with Crippen LogP contribution in [0.25, 0.3) is 11.1 Å². The van der Waals surface area contributed by atoms with E-state index in [1.807, 2.05) is 36.4 Å². The van der Waals surface area contributed by atoms with Gasteiger partial charge in [-0.25, -0.2) is 0 Å². The lowest BCUT2D eigenvalue weighted by Crippen LogP contribution is -2.64. The van der Waals surface area contributed by atoms with Crippen molar-refractivity contribution in [3.8, 4) is 11.1 Å². The summed E-state index contributed by atoms with van der Waals surface area (Å²) in [6.45, 7) is 1.70. The molecule has 2 aliphatic heterocycles. The van der Waals surface area contributed by atoms with Crippen LogP contribution in [0.15, 0.2) is 48.5 Å². The Hall–Kier alpha value is -3.23. The zero-order valence-electron chi connectivity index (χ0n) is 18.3. The fourth-order valence-electron chi connectivity index (χ4n) is 4.18. The number of piperazine rings is 1. The molecule has 2 aromatic carbocycles. The van der Waals surface area contributed by atoms with Crippen LogP contribution in [0.3, 0.4) is 0 Å². The van der Waals surface area contributed by atoms with Crippen molar-refractivity contribution in [2.75, 3.05) is 44.7 Å². The number of nitrogens with zero attached hydrogens (tertiary/aromatic N) is 2. The molecule has 2 N–H and O–H groups in total. The van der Waals surface area contributed by atoms with Crippen molar-refractivity contribution in [3.63, 3.8) is 0 Å². The van der Waals surface area contributed by atoms with Gasteiger partial charge in [-0.1, -0.05) is 24.3 Å². The van der Waals surface area contributed by atoms with Crippen molar-refractivity contribution in [2.45, 2.75) is 18.4 Å². The molecule has 1 saturated carbocycles. The maximum atomic E-state index is 12.9. The van der Waals surface area contributed by atoms with E-state index >= 15 is 0 Å². The summed E-state index contributed by atoms with van der Waals surface area (Å²) < 4.78 is 4.96. The third kappa shape index (κ3) is 4.49. The van der Waals surface area contributed by atoms with Crippen LogP contribution in [0.4, 0.5) is 5.69 Å². The van der Waals surface area contributed by atoms with Crippen LogP contribution >= 0.6 is 0 Å². The third-order valence-corrected chi connectivity index (χ3v) is 6.48. The zero-order valence-corrected chi connectivity index (χ0v) is 18.3. The molecule has 8 nitrogen and oxygen atoms in total. The van der Waals surface area contributed by atoms with Gasteiger partial charge in [-0.05, 0) is 48.2 Å². The zero-order chi connectivity index (χ0) is 23.0. The van der Waals surface area contributed by atoms with Gasteiger partial charge in [-0.3, -0.25) is 14.4 Å². The van der Waals surface area contributed by atoms with Gasteiger partial charge in [0, 0.05) is 43.3 Å². The summed E-state index contributed by atoms with van der Waals surface area (Å²) in [7, 11) is 0. The lowest BCUT2D eigenvalue weighted by atomic mass is 10.00. The predicted molar refractivity (Wildman–Crippen MR) is 121 cm³/mol. The minimum Gasteiger partial charge on any atom is -0.376 e. The van der Waals surface area contributed by atoms with Crippen molar-refractivity contribution in [2.24, 2.45) is 5.92 Å². The highest BCUT2D eigenvalue weighted by molar-refractivity contribution is 5.96. The summed E-state index contributed by atoms with van der Waals surface area (Å²) in [5.74, 6) is -0.175. The van der Waals surface area contributed by atoms with Gasteiger partial charge in [0.2, 0.25) is 5.91 Å². The first-order valence-corrected chi connectivity index (χ1v) is 11.3. The molecule has 5 rings (SSSR count). The van der Waals surface area contributed by atoms with E-state index in [4.69, 9.17) is 4.74 Å². The molecule has 3 aliphatic rings. The Morgan fingerprint density at radius 1 is 0.909 bits per heavy atom. The average Bonchev–Trinajstić information content (AvgIpc) is 3.68. The van der Waals surface area contributed by atoms with Crippen LogP contribution in [0.1, 0.15) is 23.2 Å². The number of benzene rings is 2. The normalized spacial score (nSPS) is 19.5. The van der Waals surface area contributed by atoms with Gasteiger partial charge in [0.25, 0.3) is 11.8 Å². The number of nitrogens with one attached hydrogen (secondary N) is 1. The number of hydrogen-bond acceptors (Lipinski definition) is 5. The molecule has 2 saturated heterocycles. The summed E-state index contributed by atoms with van der Waals surface area (Å²) in [6.07, 6.45) is 1.92. The summed E-state index contributed by atoms with van der Waals surface area (Å²) in [5.41, 5.74) is 1.88. The number of carbonyl (C=O) groups is 3. The van der Waals surface area contributed by atoms with Gasteiger partial charge in [-0.2, -0.15) is 0 Å². The van der Waals surface area contributed by atoms with E-state index in [1.54, 1.807) is 21.9 Å². The lowest BCUT2D eigenvalue weighted by Gasteiger charge is -2.42. The first kappa shape index (κ1) is 21.6. The van der Waals surface area contributed by atoms with Crippen LogP contribution < -0.4 is 5.32 Å². The standard InChI is InChI=1S/C25H27N3O5/c29-22(18-6-7-18)26-21-3-1-2-20(14-21)17-4-8-19(9-5-17)23(30)27-10-12-28(13-11-27)24(31)25(32)15-33-16-25/h1-5,8-9,14,18,32H,6-7,10-13,15-16H2,(H,26,29). The Morgan fingerprint density at radius 3 is 2.18 bits per heavy atom. The highest BCUT2D eigenvalue weighted by Gasteiger charge is 2.46. The van der Waals surface area contributed by atoms with Gasteiger partial charge < -0.3 is 25.0 Å². The van der Waals surface area contributed by atoms with Gasteiger partial charge >= 0.3 is 0 Å². The molecule has 33 heavy (non-hydrogen) atoms. The minimum atomic E-state index is -1.40. The smallest absolute Gasteiger partial charge is 0.259 e. The molecule has 0 spiro atoms. The molecular weight excluding hydrogens is 422 g/mol. The van der Waals surface area contributed by atoms with Crippen molar-refractivity contribution in [1.82, 2.24) is 9.80 Å². The molecule has 0 unspecified atom stereocenters. The number of anilines is 1. The first-order valence-electron chi connectivity index (χ1n) is 11.3. The summed E-state index contributed by atoms with van der Waals surface area (Å²) >= 11 is 0. The van der Waals surface area contributed by atoms with Crippen molar-refractivity contribution >= 4 is 23.4 Å². The second-order valence-corrected chi connectivity index (χ2v) is 9.03. The quantitative estimate of drug-likeness (QED) is 0.725. The Balaban J connectivity index is 1.20. The molecule has 0 aromatic heterocycles. The number of hydrogen-bond donors (Lipinski definition) is 2. The molecule has 2 heterocycles. The minimum absolute atomic E-state index is 0.0348. The second-order valence-electron chi connectivity index (χ2n) is 9.03. The van der Waals surface area contributed by atoms with Crippen LogP contribution in [0, 0.1) is 5.92 Å². The Kier molecular flexibility index (Phi) is 5.64. The van der Waals surface area contributed by atoms with Gasteiger partial charge in [0.05, 0.1) is 13.2 Å². The van der Waals surface area contributed by atoms with Crippen molar-refractivity contribution in [1.29, 1.82) is 0 Å². The van der Waals surface area contributed by atoms with E-state index in [0.29, 0.717) is 31.7 Å². The molecule has 0 bridgehead atoms. The molecular formula is C25H27N3O5. The monoisotopic (exact) mass is 449 g/mol. The Bertz CT molecular complexity index is 1070.